The Bertz CT molecular complexity index is 888. The second kappa shape index (κ2) is 8.52. The summed E-state index contributed by atoms with van der Waals surface area (Å²) in [5, 5.41) is 4.90. The highest BCUT2D eigenvalue weighted by molar-refractivity contribution is 7.13. The van der Waals surface area contributed by atoms with E-state index >= 15 is 0 Å². The Kier molecular flexibility index (Phi) is 6.08. The number of thiazole rings is 1. The Morgan fingerprint density at radius 2 is 2.00 bits per heavy atom. The van der Waals surface area contributed by atoms with Gasteiger partial charge in [0, 0.05) is 24.0 Å². The van der Waals surface area contributed by atoms with Crippen LogP contribution in [0, 0.1) is 19.8 Å². The third-order valence-electron chi connectivity index (χ3n) is 4.43. The number of carbonyl (C=O) groups excluding carboxylic acids is 3. The number of nitrogens with one attached hydrogen (secondary N) is 1. The van der Waals surface area contributed by atoms with Gasteiger partial charge in [-0.25, -0.2) is 4.98 Å². The number of esters is 1. The van der Waals surface area contributed by atoms with Crippen molar-refractivity contribution >= 4 is 39.9 Å². The van der Waals surface area contributed by atoms with E-state index in [0.717, 1.165) is 16.8 Å². The van der Waals surface area contributed by atoms with Gasteiger partial charge >= 0.3 is 5.97 Å². The Morgan fingerprint density at radius 1 is 1.29 bits per heavy atom. The maximum Gasteiger partial charge on any atom is 0.311 e. The van der Waals surface area contributed by atoms with E-state index in [0.29, 0.717) is 24.0 Å². The number of aromatic nitrogens is 1. The molecule has 1 fully saturated rings. The lowest BCUT2D eigenvalue weighted by atomic mass is 10.1. The van der Waals surface area contributed by atoms with E-state index in [2.05, 4.69) is 10.3 Å². The molecule has 28 heavy (non-hydrogen) atoms. The summed E-state index contributed by atoms with van der Waals surface area (Å²) < 4.78 is 4.90. The van der Waals surface area contributed by atoms with E-state index in [9.17, 15) is 14.4 Å². The molecule has 7 nitrogen and oxygen atoms in total. The minimum atomic E-state index is -0.439. The highest BCUT2D eigenvalue weighted by Crippen LogP contribution is 2.28. The maximum atomic E-state index is 12.6. The Balaban J connectivity index is 1.62. The van der Waals surface area contributed by atoms with Gasteiger partial charge in [0.2, 0.25) is 11.8 Å². The van der Waals surface area contributed by atoms with Crippen molar-refractivity contribution in [3.8, 4) is 0 Å². The van der Waals surface area contributed by atoms with Gasteiger partial charge in [-0.1, -0.05) is 6.07 Å². The molecule has 2 aromatic rings. The van der Waals surface area contributed by atoms with Crippen molar-refractivity contribution in [3.05, 3.63) is 40.4 Å². The first-order valence-corrected chi connectivity index (χ1v) is 10.0. The van der Waals surface area contributed by atoms with Crippen LogP contribution in [0.15, 0.2) is 23.6 Å². The number of benzene rings is 1. The Morgan fingerprint density at radius 3 is 2.68 bits per heavy atom. The zero-order chi connectivity index (χ0) is 20.3. The molecule has 0 radical (unpaired) electrons. The van der Waals surface area contributed by atoms with Gasteiger partial charge in [0.05, 0.1) is 24.6 Å². The SMILES string of the molecule is CCOC(=O)Cc1csc(NC(=O)C2CC(=O)N(c3cc(C)cc(C)c3)C2)n1. The van der Waals surface area contributed by atoms with Crippen LogP contribution in [-0.4, -0.2) is 35.9 Å². The molecule has 0 aliphatic carbocycles. The lowest BCUT2D eigenvalue weighted by Crippen LogP contribution is -2.28. The highest BCUT2D eigenvalue weighted by Gasteiger charge is 2.35. The van der Waals surface area contributed by atoms with Crippen molar-refractivity contribution < 1.29 is 19.1 Å². The molecule has 1 aliphatic heterocycles. The molecule has 1 aliphatic rings. The predicted octanol–water partition coefficient (Wildman–Crippen LogP) is 2.86. The van der Waals surface area contributed by atoms with Gasteiger partial charge in [-0.2, -0.15) is 0 Å². The van der Waals surface area contributed by atoms with Gasteiger partial charge in [0.25, 0.3) is 0 Å². The van der Waals surface area contributed by atoms with Crippen molar-refractivity contribution in [2.75, 3.05) is 23.4 Å². The first-order chi connectivity index (χ1) is 13.4. The van der Waals surface area contributed by atoms with Crippen LogP contribution in [0.3, 0.4) is 0 Å². The lowest BCUT2D eigenvalue weighted by Gasteiger charge is -2.18. The first kappa shape index (κ1) is 20.0. The number of anilines is 2. The molecule has 148 valence electrons. The molecule has 8 heteroatoms. The van der Waals surface area contributed by atoms with Crippen LogP contribution in [0.4, 0.5) is 10.8 Å². The molecular formula is C20H23N3O4S. The van der Waals surface area contributed by atoms with E-state index < -0.39 is 5.92 Å². The Labute approximate surface area is 167 Å². The van der Waals surface area contributed by atoms with Crippen molar-refractivity contribution in [1.29, 1.82) is 0 Å². The average Bonchev–Trinajstić information content (AvgIpc) is 3.20. The minimum Gasteiger partial charge on any atom is -0.466 e. The second-order valence-corrected chi connectivity index (χ2v) is 7.72. The molecule has 3 rings (SSSR count). The summed E-state index contributed by atoms with van der Waals surface area (Å²) >= 11 is 1.25. The smallest absolute Gasteiger partial charge is 0.311 e. The number of hydrogen-bond acceptors (Lipinski definition) is 6. The molecule has 1 unspecified atom stereocenters. The lowest BCUT2D eigenvalue weighted by molar-refractivity contribution is -0.142. The molecule has 1 aromatic heterocycles. The van der Waals surface area contributed by atoms with Gasteiger partial charge < -0.3 is 15.0 Å². The minimum absolute atomic E-state index is 0.0627. The quantitative estimate of drug-likeness (QED) is 0.752. The van der Waals surface area contributed by atoms with Crippen LogP contribution in [0.2, 0.25) is 0 Å². The topological polar surface area (TPSA) is 88.6 Å². The fraction of sp³-hybridized carbons (Fsp3) is 0.400. The van der Waals surface area contributed by atoms with Crippen LogP contribution >= 0.6 is 11.3 Å². The molecule has 1 aromatic carbocycles. The third-order valence-corrected chi connectivity index (χ3v) is 5.23. The van der Waals surface area contributed by atoms with Crippen molar-refractivity contribution in [3.63, 3.8) is 0 Å². The van der Waals surface area contributed by atoms with Crippen LogP contribution in [0.1, 0.15) is 30.2 Å². The molecule has 2 heterocycles. The van der Waals surface area contributed by atoms with Crippen LogP contribution in [-0.2, 0) is 25.5 Å². The summed E-state index contributed by atoms with van der Waals surface area (Å²) in [4.78, 5) is 42.5. The second-order valence-electron chi connectivity index (χ2n) is 6.87. The standard InChI is InChI=1S/C20H23N3O4S/c1-4-27-18(25)9-15-11-28-20(21-15)22-19(26)14-8-17(24)23(10-14)16-6-12(2)5-13(3)7-16/h5-7,11,14H,4,8-10H2,1-3H3,(H,21,22,26). The normalized spacial score (nSPS) is 16.3. The summed E-state index contributed by atoms with van der Waals surface area (Å²) in [5.41, 5.74) is 3.53. The number of rotatable bonds is 6. The highest BCUT2D eigenvalue weighted by atomic mass is 32.1. The van der Waals surface area contributed by atoms with Crippen molar-refractivity contribution in [1.82, 2.24) is 4.98 Å². The molecule has 1 N–H and O–H groups in total. The van der Waals surface area contributed by atoms with E-state index in [1.165, 1.54) is 11.3 Å². The average molecular weight is 401 g/mol. The van der Waals surface area contributed by atoms with E-state index in [1.807, 2.05) is 32.0 Å². The van der Waals surface area contributed by atoms with Gasteiger partial charge in [0.15, 0.2) is 5.13 Å². The van der Waals surface area contributed by atoms with Crippen LogP contribution in [0.25, 0.3) is 0 Å². The number of ether oxygens (including phenoxy) is 1. The predicted molar refractivity (Wildman–Crippen MR) is 107 cm³/mol. The van der Waals surface area contributed by atoms with Crippen molar-refractivity contribution in [2.24, 2.45) is 5.92 Å². The number of nitrogens with zero attached hydrogens (tertiary/aromatic N) is 2. The fourth-order valence-electron chi connectivity index (χ4n) is 3.25. The number of hydrogen-bond donors (Lipinski definition) is 1. The van der Waals surface area contributed by atoms with E-state index in [4.69, 9.17) is 4.74 Å². The summed E-state index contributed by atoms with van der Waals surface area (Å²) in [6.07, 6.45) is 0.239. The summed E-state index contributed by atoms with van der Waals surface area (Å²) in [7, 11) is 0. The molecule has 2 amide bonds. The zero-order valence-electron chi connectivity index (χ0n) is 16.2. The fourth-order valence-corrected chi connectivity index (χ4v) is 3.97. The summed E-state index contributed by atoms with van der Waals surface area (Å²) in [5.74, 6) is -1.09. The van der Waals surface area contributed by atoms with Crippen LogP contribution < -0.4 is 10.2 Å². The largest absolute Gasteiger partial charge is 0.466 e. The van der Waals surface area contributed by atoms with Gasteiger partial charge in [-0.3, -0.25) is 14.4 Å². The molecule has 0 bridgehead atoms. The molecule has 1 saturated heterocycles. The third kappa shape index (κ3) is 4.75. The number of carbonyl (C=O) groups is 3. The van der Waals surface area contributed by atoms with Crippen LogP contribution in [0.5, 0.6) is 0 Å². The first-order valence-electron chi connectivity index (χ1n) is 9.15. The van der Waals surface area contributed by atoms with Crippen molar-refractivity contribution in [2.45, 2.75) is 33.6 Å². The number of amides is 2. The van der Waals surface area contributed by atoms with E-state index in [1.54, 1.807) is 17.2 Å². The summed E-state index contributed by atoms with van der Waals surface area (Å²) in [6, 6.07) is 5.95. The summed E-state index contributed by atoms with van der Waals surface area (Å²) in [6.45, 7) is 6.37. The number of aryl methyl sites for hydroxylation is 2. The molecular weight excluding hydrogens is 378 g/mol. The Hall–Kier alpha value is -2.74. The monoisotopic (exact) mass is 401 g/mol. The molecule has 0 spiro atoms. The van der Waals surface area contributed by atoms with E-state index in [-0.39, 0.29) is 30.6 Å². The zero-order valence-corrected chi connectivity index (χ0v) is 17.0. The molecule has 1 atom stereocenters. The molecule has 0 saturated carbocycles. The maximum absolute atomic E-state index is 12.6. The van der Waals surface area contributed by atoms with Gasteiger partial charge in [-0.05, 0) is 44.0 Å². The van der Waals surface area contributed by atoms with Gasteiger partial charge in [0.1, 0.15) is 0 Å². The van der Waals surface area contributed by atoms with Gasteiger partial charge in [-0.15, -0.1) is 11.3 Å².